The van der Waals surface area contributed by atoms with Crippen LogP contribution in [-0.4, -0.2) is 44.6 Å². The zero-order valence-electron chi connectivity index (χ0n) is 12.8. The van der Waals surface area contributed by atoms with E-state index in [0.717, 1.165) is 5.56 Å². The minimum atomic E-state index is -3.48. The van der Waals surface area contributed by atoms with Crippen LogP contribution in [0.25, 0.3) is 0 Å². The van der Waals surface area contributed by atoms with Gasteiger partial charge in [0, 0.05) is 19.7 Å². The molecule has 1 aromatic carbocycles. The average molecular weight is 313 g/mol. The molecule has 2 atom stereocenters. The van der Waals surface area contributed by atoms with E-state index < -0.39 is 10.0 Å². The highest BCUT2D eigenvalue weighted by atomic mass is 32.2. The van der Waals surface area contributed by atoms with E-state index in [1.807, 2.05) is 26.8 Å². The Morgan fingerprint density at radius 1 is 1.29 bits per heavy atom. The van der Waals surface area contributed by atoms with E-state index in [1.165, 1.54) is 4.31 Å². The van der Waals surface area contributed by atoms with E-state index >= 15 is 0 Å². The molecule has 0 bridgehead atoms. The second-order valence-corrected chi connectivity index (χ2v) is 7.30. The summed E-state index contributed by atoms with van der Waals surface area (Å²) in [5.74, 6) is 0. The number of morpholine rings is 1. The lowest BCUT2D eigenvalue weighted by Crippen LogP contribution is -2.48. The van der Waals surface area contributed by atoms with Crippen molar-refractivity contribution in [3.8, 4) is 0 Å². The second kappa shape index (κ2) is 6.87. The maximum absolute atomic E-state index is 12.7. The maximum Gasteiger partial charge on any atom is 0.243 e. The number of hydrogen-bond acceptors (Lipinski definition) is 4. The third kappa shape index (κ3) is 4.03. The number of hydrogen-bond donors (Lipinski definition) is 0. The molecule has 1 fully saturated rings. The fourth-order valence-electron chi connectivity index (χ4n) is 2.49. The minimum Gasteiger partial charge on any atom is -0.377 e. The fraction of sp³-hybridized carbons (Fsp3) is 0.600. The van der Waals surface area contributed by atoms with Crippen molar-refractivity contribution in [1.29, 1.82) is 0 Å². The Labute approximate surface area is 126 Å². The van der Waals surface area contributed by atoms with Crippen LogP contribution in [-0.2, 0) is 26.1 Å². The minimum absolute atomic E-state index is 0.0878. The van der Waals surface area contributed by atoms with E-state index in [-0.39, 0.29) is 12.2 Å². The number of ether oxygens (including phenoxy) is 2. The maximum atomic E-state index is 12.7. The first-order valence-corrected chi connectivity index (χ1v) is 8.69. The SMILES string of the molecule is CCOCc1cccc(S(=O)(=O)N2CC(C)OC(C)C2)c1. The number of benzene rings is 1. The van der Waals surface area contributed by atoms with Crippen LogP contribution >= 0.6 is 0 Å². The van der Waals surface area contributed by atoms with Gasteiger partial charge in [-0.15, -0.1) is 0 Å². The predicted molar refractivity (Wildman–Crippen MR) is 80.5 cm³/mol. The lowest BCUT2D eigenvalue weighted by Gasteiger charge is -2.34. The normalized spacial score (nSPS) is 24.1. The number of rotatable bonds is 5. The lowest BCUT2D eigenvalue weighted by atomic mass is 10.2. The Bertz CT molecular complexity index is 563. The predicted octanol–water partition coefficient (Wildman–Crippen LogP) is 2.02. The lowest BCUT2D eigenvalue weighted by molar-refractivity contribution is -0.0440. The standard InChI is InChI=1S/C15H23NO4S/c1-4-19-11-14-6-5-7-15(8-14)21(17,18)16-9-12(2)20-13(3)10-16/h5-8,12-13H,4,9-11H2,1-3H3. The van der Waals surface area contributed by atoms with Crippen LogP contribution < -0.4 is 0 Å². The summed E-state index contributed by atoms with van der Waals surface area (Å²) in [5, 5.41) is 0. The molecule has 1 aliphatic heterocycles. The molecule has 0 saturated carbocycles. The summed E-state index contributed by atoms with van der Waals surface area (Å²) in [7, 11) is -3.48. The Morgan fingerprint density at radius 2 is 1.95 bits per heavy atom. The van der Waals surface area contributed by atoms with E-state index in [1.54, 1.807) is 18.2 Å². The molecule has 2 rings (SSSR count). The molecular weight excluding hydrogens is 290 g/mol. The van der Waals surface area contributed by atoms with Crippen LogP contribution in [0.1, 0.15) is 26.3 Å². The molecule has 0 N–H and O–H groups in total. The smallest absolute Gasteiger partial charge is 0.243 e. The summed E-state index contributed by atoms with van der Waals surface area (Å²) in [6.07, 6.45) is -0.176. The molecule has 0 radical (unpaired) electrons. The molecule has 1 heterocycles. The van der Waals surface area contributed by atoms with Gasteiger partial charge in [-0.05, 0) is 38.5 Å². The highest BCUT2D eigenvalue weighted by Crippen LogP contribution is 2.22. The molecule has 0 amide bonds. The average Bonchev–Trinajstić information content (AvgIpc) is 2.44. The van der Waals surface area contributed by atoms with Gasteiger partial charge in [0.15, 0.2) is 0 Å². The summed E-state index contributed by atoms with van der Waals surface area (Å²) in [5.41, 5.74) is 0.868. The monoisotopic (exact) mass is 313 g/mol. The molecule has 1 aromatic rings. The zero-order chi connectivity index (χ0) is 15.5. The van der Waals surface area contributed by atoms with Crippen LogP contribution in [0.3, 0.4) is 0 Å². The topological polar surface area (TPSA) is 55.8 Å². The van der Waals surface area contributed by atoms with E-state index in [9.17, 15) is 8.42 Å². The summed E-state index contributed by atoms with van der Waals surface area (Å²) in [4.78, 5) is 0.320. The molecule has 21 heavy (non-hydrogen) atoms. The van der Waals surface area contributed by atoms with Gasteiger partial charge in [-0.1, -0.05) is 12.1 Å². The van der Waals surface area contributed by atoms with Gasteiger partial charge in [0.05, 0.1) is 23.7 Å². The Balaban J connectivity index is 2.22. The molecule has 1 saturated heterocycles. The first kappa shape index (κ1) is 16.4. The largest absolute Gasteiger partial charge is 0.377 e. The van der Waals surface area contributed by atoms with Crippen molar-refractivity contribution in [3.63, 3.8) is 0 Å². The molecule has 5 nitrogen and oxygen atoms in total. The van der Waals surface area contributed by atoms with Crippen LogP contribution in [0.4, 0.5) is 0 Å². The third-order valence-electron chi connectivity index (χ3n) is 3.40. The molecule has 0 spiro atoms. The Hall–Kier alpha value is -0.950. The van der Waals surface area contributed by atoms with Crippen molar-refractivity contribution in [1.82, 2.24) is 4.31 Å². The van der Waals surface area contributed by atoms with Crippen LogP contribution in [0.5, 0.6) is 0 Å². The zero-order valence-corrected chi connectivity index (χ0v) is 13.6. The highest BCUT2D eigenvalue weighted by molar-refractivity contribution is 7.89. The molecule has 2 unspecified atom stereocenters. The van der Waals surface area contributed by atoms with Gasteiger partial charge in [0.2, 0.25) is 10.0 Å². The van der Waals surface area contributed by atoms with Crippen molar-refractivity contribution < 1.29 is 17.9 Å². The summed E-state index contributed by atoms with van der Waals surface area (Å²) in [6.45, 7) is 7.51. The third-order valence-corrected chi connectivity index (χ3v) is 5.22. The van der Waals surface area contributed by atoms with Crippen molar-refractivity contribution in [3.05, 3.63) is 29.8 Å². The van der Waals surface area contributed by atoms with Crippen molar-refractivity contribution in [2.24, 2.45) is 0 Å². The molecule has 1 aliphatic rings. The van der Waals surface area contributed by atoms with Crippen LogP contribution in [0.15, 0.2) is 29.2 Å². The van der Waals surface area contributed by atoms with E-state index in [0.29, 0.717) is 31.2 Å². The quantitative estimate of drug-likeness (QED) is 0.834. The summed E-state index contributed by atoms with van der Waals surface area (Å²) < 4.78 is 37.9. The molecule has 118 valence electrons. The number of nitrogens with zero attached hydrogens (tertiary/aromatic N) is 1. The van der Waals surface area contributed by atoms with Gasteiger partial charge in [0.1, 0.15) is 0 Å². The Kier molecular flexibility index (Phi) is 5.37. The fourth-order valence-corrected chi connectivity index (χ4v) is 4.15. The molecular formula is C15H23NO4S. The first-order valence-electron chi connectivity index (χ1n) is 7.25. The molecule has 6 heteroatoms. The molecule has 0 aromatic heterocycles. The van der Waals surface area contributed by atoms with Gasteiger partial charge >= 0.3 is 0 Å². The van der Waals surface area contributed by atoms with Crippen LogP contribution in [0, 0.1) is 0 Å². The van der Waals surface area contributed by atoms with Gasteiger partial charge in [-0.2, -0.15) is 4.31 Å². The Morgan fingerprint density at radius 3 is 2.57 bits per heavy atom. The van der Waals surface area contributed by atoms with E-state index in [4.69, 9.17) is 9.47 Å². The van der Waals surface area contributed by atoms with Crippen molar-refractivity contribution in [2.75, 3.05) is 19.7 Å². The number of sulfonamides is 1. The second-order valence-electron chi connectivity index (χ2n) is 5.36. The summed E-state index contributed by atoms with van der Waals surface area (Å²) >= 11 is 0. The van der Waals surface area contributed by atoms with Gasteiger partial charge in [0.25, 0.3) is 0 Å². The summed E-state index contributed by atoms with van der Waals surface area (Å²) in [6, 6.07) is 6.96. The molecule has 0 aliphatic carbocycles. The van der Waals surface area contributed by atoms with Crippen molar-refractivity contribution >= 4 is 10.0 Å². The van der Waals surface area contributed by atoms with E-state index in [2.05, 4.69) is 0 Å². The van der Waals surface area contributed by atoms with Gasteiger partial charge < -0.3 is 9.47 Å². The highest BCUT2D eigenvalue weighted by Gasteiger charge is 2.32. The van der Waals surface area contributed by atoms with Gasteiger partial charge in [-0.3, -0.25) is 0 Å². The van der Waals surface area contributed by atoms with Crippen molar-refractivity contribution in [2.45, 2.75) is 44.5 Å². The van der Waals surface area contributed by atoms with Gasteiger partial charge in [-0.25, -0.2) is 8.42 Å². The van der Waals surface area contributed by atoms with Crippen LogP contribution in [0.2, 0.25) is 0 Å². The first-order chi connectivity index (χ1) is 9.93.